The van der Waals surface area contributed by atoms with E-state index in [1.807, 2.05) is 13.0 Å². The first kappa shape index (κ1) is 17.2. The zero-order chi connectivity index (χ0) is 19.0. The number of hydrogen-bond acceptors (Lipinski definition) is 7. The second-order valence-electron chi connectivity index (χ2n) is 6.00. The number of pyridine rings is 1. The van der Waals surface area contributed by atoms with Crippen LogP contribution in [-0.4, -0.2) is 20.3 Å². The highest BCUT2D eigenvalue weighted by Gasteiger charge is 2.19. The molecule has 0 aliphatic heterocycles. The lowest BCUT2D eigenvalue weighted by atomic mass is 10.3. The third-order valence-electron chi connectivity index (χ3n) is 3.93. The molecule has 0 amide bonds. The predicted octanol–water partition coefficient (Wildman–Crippen LogP) is 3.38. The van der Waals surface area contributed by atoms with Gasteiger partial charge in [-0.3, -0.25) is 9.20 Å². The molecule has 4 aromatic rings. The van der Waals surface area contributed by atoms with Gasteiger partial charge in [-0.1, -0.05) is 6.07 Å². The minimum absolute atomic E-state index is 0.106. The minimum Gasteiger partial charge on any atom is -0.462 e. The van der Waals surface area contributed by atoms with Gasteiger partial charge in [-0.25, -0.2) is 14.8 Å². The number of fused-ring (bicyclic) bond motifs is 1. The molecular formula is C19H15N3O4S. The van der Waals surface area contributed by atoms with Crippen molar-refractivity contribution >= 4 is 23.0 Å². The van der Waals surface area contributed by atoms with Gasteiger partial charge < -0.3 is 9.15 Å². The Morgan fingerprint density at radius 1 is 1.26 bits per heavy atom. The number of esters is 1. The molecule has 7 nitrogen and oxygen atoms in total. The average molecular weight is 381 g/mol. The number of rotatable bonds is 4. The van der Waals surface area contributed by atoms with Gasteiger partial charge in [0.1, 0.15) is 12.3 Å². The first-order valence-electron chi connectivity index (χ1n) is 8.18. The van der Waals surface area contributed by atoms with Gasteiger partial charge in [-0.15, -0.1) is 11.3 Å². The van der Waals surface area contributed by atoms with Crippen molar-refractivity contribution in [1.82, 2.24) is 14.4 Å². The first-order chi connectivity index (χ1) is 13.0. The summed E-state index contributed by atoms with van der Waals surface area (Å²) in [6.45, 7) is 3.59. The summed E-state index contributed by atoms with van der Waals surface area (Å²) in [4.78, 5) is 34.0. The first-order valence-corrected chi connectivity index (χ1v) is 9.00. The Bertz CT molecular complexity index is 1190. The number of furan rings is 1. The van der Waals surface area contributed by atoms with E-state index in [4.69, 9.17) is 9.15 Å². The highest BCUT2D eigenvalue weighted by Crippen LogP contribution is 2.28. The fourth-order valence-corrected chi connectivity index (χ4v) is 3.50. The molecule has 0 aromatic carbocycles. The summed E-state index contributed by atoms with van der Waals surface area (Å²) in [6, 6.07) is 8.52. The number of thiazole rings is 1. The van der Waals surface area contributed by atoms with Crippen LogP contribution in [-0.2, 0) is 11.3 Å². The van der Waals surface area contributed by atoms with Crippen LogP contribution in [0.5, 0.6) is 0 Å². The Hall–Kier alpha value is -3.26. The molecule has 0 spiro atoms. The van der Waals surface area contributed by atoms with Crippen molar-refractivity contribution in [2.24, 2.45) is 0 Å². The SMILES string of the molecule is Cc1ccc2nc(COC(=O)c3nc(-c4ccco4)sc3C)cc(=O)n2c1. The second kappa shape index (κ2) is 6.81. The van der Waals surface area contributed by atoms with Crippen molar-refractivity contribution in [1.29, 1.82) is 0 Å². The summed E-state index contributed by atoms with van der Waals surface area (Å²) < 4.78 is 12.1. The average Bonchev–Trinajstić information content (AvgIpc) is 3.30. The summed E-state index contributed by atoms with van der Waals surface area (Å²) in [5.41, 5.74) is 1.86. The van der Waals surface area contributed by atoms with Crippen LogP contribution in [0, 0.1) is 13.8 Å². The minimum atomic E-state index is -0.563. The van der Waals surface area contributed by atoms with Crippen molar-refractivity contribution in [3.05, 3.63) is 75.0 Å². The van der Waals surface area contributed by atoms with Gasteiger partial charge in [0.15, 0.2) is 16.5 Å². The molecule has 0 fully saturated rings. The van der Waals surface area contributed by atoms with Crippen LogP contribution in [0.15, 0.2) is 52.0 Å². The van der Waals surface area contributed by atoms with Gasteiger partial charge in [0.2, 0.25) is 0 Å². The van der Waals surface area contributed by atoms with Gasteiger partial charge in [0.05, 0.1) is 12.0 Å². The number of carbonyl (C=O) groups is 1. The lowest BCUT2D eigenvalue weighted by Crippen LogP contribution is -2.17. The molecule has 0 saturated carbocycles. The monoisotopic (exact) mass is 381 g/mol. The molecular weight excluding hydrogens is 366 g/mol. The van der Waals surface area contributed by atoms with Crippen LogP contribution in [0.25, 0.3) is 16.4 Å². The van der Waals surface area contributed by atoms with E-state index in [9.17, 15) is 9.59 Å². The smallest absolute Gasteiger partial charge is 0.358 e. The molecule has 4 aromatic heterocycles. The van der Waals surface area contributed by atoms with E-state index in [0.29, 0.717) is 22.1 Å². The van der Waals surface area contributed by atoms with Crippen molar-refractivity contribution in [2.45, 2.75) is 20.5 Å². The third-order valence-corrected chi connectivity index (χ3v) is 4.92. The number of ether oxygens (including phenoxy) is 1. The Morgan fingerprint density at radius 2 is 2.11 bits per heavy atom. The maximum atomic E-state index is 12.4. The van der Waals surface area contributed by atoms with E-state index in [-0.39, 0.29) is 17.9 Å². The number of carbonyl (C=O) groups excluding carboxylic acids is 1. The second-order valence-corrected chi connectivity index (χ2v) is 7.20. The molecule has 0 radical (unpaired) electrons. The molecule has 0 aliphatic rings. The lowest BCUT2D eigenvalue weighted by Gasteiger charge is -2.06. The van der Waals surface area contributed by atoms with Crippen LogP contribution in [0.3, 0.4) is 0 Å². The molecule has 4 rings (SSSR count). The number of hydrogen-bond donors (Lipinski definition) is 0. The Labute approximate surface area is 157 Å². The highest BCUT2D eigenvalue weighted by atomic mass is 32.1. The summed E-state index contributed by atoms with van der Waals surface area (Å²) in [5.74, 6) is 0.0362. The summed E-state index contributed by atoms with van der Waals surface area (Å²) in [7, 11) is 0. The standard InChI is InChI=1S/C19H15N3O4S/c1-11-5-6-15-20-13(8-16(23)22(15)9-11)10-26-19(24)17-12(2)27-18(21-17)14-4-3-7-25-14/h3-9H,10H2,1-2H3. The van der Waals surface area contributed by atoms with Gasteiger partial charge >= 0.3 is 5.97 Å². The fraction of sp³-hybridized carbons (Fsp3) is 0.158. The number of aromatic nitrogens is 3. The Balaban J connectivity index is 1.54. The molecule has 0 aliphatic carbocycles. The molecule has 136 valence electrons. The van der Waals surface area contributed by atoms with Crippen molar-refractivity contribution in [3.8, 4) is 10.8 Å². The topological polar surface area (TPSA) is 86.7 Å². The quantitative estimate of drug-likeness (QED) is 0.504. The van der Waals surface area contributed by atoms with E-state index in [1.54, 1.807) is 37.6 Å². The maximum absolute atomic E-state index is 12.4. The molecule has 0 saturated heterocycles. The van der Waals surface area contributed by atoms with Crippen LogP contribution >= 0.6 is 11.3 Å². The van der Waals surface area contributed by atoms with Gasteiger partial charge in [-0.2, -0.15) is 0 Å². The lowest BCUT2D eigenvalue weighted by molar-refractivity contribution is 0.0461. The molecule has 0 bridgehead atoms. The van der Waals surface area contributed by atoms with Crippen molar-refractivity contribution in [3.63, 3.8) is 0 Å². The predicted molar refractivity (Wildman–Crippen MR) is 99.9 cm³/mol. The van der Waals surface area contributed by atoms with Gasteiger partial charge in [-0.05, 0) is 37.6 Å². The zero-order valence-corrected chi connectivity index (χ0v) is 15.4. The molecule has 4 heterocycles. The van der Waals surface area contributed by atoms with E-state index in [2.05, 4.69) is 9.97 Å². The van der Waals surface area contributed by atoms with Gasteiger partial charge in [0, 0.05) is 17.1 Å². The van der Waals surface area contributed by atoms with Crippen molar-refractivity contribution < 1.29 is 13.9 Å². The zero-order valence-electron chi connectivity index (χ0n) is 14.6. The van der Waals surface area contributed by atoms with E-state index in [1.165, 1.54) is 21.8 Å². The molecule has 0 unspecified atom stereocenters. The van der Waals surface area contributed by atoms with Crippen LogP contribution in [0.1, 0.15) is 26.6 Å². The summed E-state index contributed by atoms with van der Waals surface area (Å²) >= 11 is 1.35. The number of nitrogens with zero attached hydrogens (tertiary/aromatic N) is 3. The van der Waals surface area contributed by atoms with E-state index < -0.39 is 5.97 Å². The molecule has 0 N–H and O–H groups in total. The molecule has 0 atom stereocenters. The molecule has 8 heteroatoms. The summed E-state index contributed by atoms with van der Waals surface area (Å²) in [5, 5.41) is 0.613. The third kappa shape index (κ3) is 3.39. The van der Waals surface area contributed by atoms with Crippen molar-refractivity contribution in [2.75, 3.05) is 0 Å². The number of aryl methyl sites for hydroxylation is 2. The Kier molecular flexibility index (Phi) is 4.33. The highest BCUT2D eigenvalue weighted by molar-refractivity contribution is 7.15. The fourth-order valence-electron chi connectivity index (χ4n) is 2.63. The maximum Gasteiger partial charge on any atom is 0.358 e. The Morgan fingerprint density at radius 3 is 2.89 bits per heavy atom. The summed E-state index contributed by atoms with van der Waals surface area (Å²) in [6.07, 6.45) is 3.27. The van der Waals surface area contributed by atoms with E-state index >= 15 is 0 Å². The molecule has 27 heavy (non-hydrogen) atoms. The van der Waals surface area contributed by atoms with Crippen LogP contribution in [0.2, 0.25) is 0 Å². The van der Waals surface area contributed by atoms with Gasteiger partial charge in [0.25, 0.3) is 5.56 Å². The van der Waals surface area contributed by atoms with Crippen LogP contribution < -0.4 is 5.56 Å². The van der Waals surface area contributed by atoms with Crippen LogP contribution in [0.4, 0.5) is 0 Å². The largest absolute Gasteiger partial charge is 0.462 e. The van der Waals surface area contributed by atoms with E-state index in [0.717, 1.165) is 10.4 Å². The normalized spacial score (nSPS) is 11.0.